The predicted molar refractivity (Wildman–Crippen MR) is 105 cm³/mol. The number of thioether (sulfide) groups is 1. The van der Waals surface area contributed by atoms with Crippen LogP contribution in [0.1, 0.15) is 26.2 Å². The molecule has 1 aromatic rings. The lowest BCUT2D eigenvalue weighted by Crippen LogP contribution is -2.33. The summed E-state index contributed by atoms with van der Waals surface area (Å²) in [6, 6.07) is 10.5. The van der Waals surface area contributed by atoms with Gasteiger partial charge in [-0.25, -0.2) is 0 Å². The molecule has 1 aliphatic carbocycles. The smallest absolute Gasteiger partial charge is 0.188 e. The Bertz CT molecular complexity index is 452. The summed E-state index contributed by atoms with van der Waals surface area (Å²) in [6.07, 6.45) is 3.38. The molecule has 1 fully saturated rings. The van der Waals surface area contributed by atoms with E-state index < -0.39 is 0 Å². The number of hydrogen-bond donors (Lipinski definition) is 2. The molecule has 0 radical (unpaired) electrons. The molecule has 0 aromatic heterocycles. The molecule has 0 amide bonds. The van der Waals surface area contributed by atoms with E-state index in [9.17, 15) is 0 Å². The van der Waals surface area contributed by atoms with Gasteiger partial charge in [-0.1, -0.05) is 18.2 Å². The predicted octanol–water partition coefficient (Wildman–Crippen LogP) is 3.26. The molecule has 1 saturated carbocycles. The van der Waals surface area contributed by atoms with Crippen LogP contribution in [0.2, 0.25) is 0 Å². The highest BCUT2D eigenvalue weighted by atomic mass is 127. The minimum atomic E-state index is 0. The van der Waals surface area contributed by atoms with E-state index in [-0.39, 0.29) is 28.7 Å². The SMILES string of the molecule is CCOCCCNC(N)=NCC1(Sc2ccccc2)CC1.I. The van der Waals surface area contributed by atoms with Crippen LogP contribution in [0.25, 0.3) is 0 Å². The third kappa shape index (κ3) is 7.19. The van der Waals surface area contributed by atoms with Crippen LogP contribution in [-0.4, -0.2) is 37.0 Å². The van der Waals surface area contributed by atoms with Crippen LogP contribution < -0.4 is 11.1 Å². The molecule has 1 aromatic carbocycles. The summed E-state index contributed by atoms with van der Waals surface area (Å²) in [5, 5.41) is 3.14. The molecule has 3 N–H and O–H groups in total. The van der Waals surface area contributed by atoms with Crippen molar-refractivity contribution >= 4 is 41.7 Å². The van der Waals surface area contributed by atoms with Crippen LogP contribution in [0.3, 0.4) is 0 Å². The summed E-state index contributed by atoms with van der Waals surface area (Å²) >= 11 is 1.92. The number of nitrogens with two attached hydrogens (primary N) is 1. The van der Waals surface area contributed by atoms with Gasteiger partial charge in [0.15, 0.2) is 5.96 Å². The Labute approximate surface area is 154 Å². The molecular weight excluding hydrogens is 409 g/mol. The Morgan fingerprint density at radius 2 is 2.09 bits per heavy atom. The number of benzene rings is 1. The molecule has 22 heavy (non-hydrogen) atoms. The maximum atomic E-state index is 5.91. The lowest BCUT2D eigenvalue weighted by atomic mass is 10.4. The molecule has 6 heteroatoms. The van der Waals surface area contributed by atoms with Crippen molar-refractivity contribution in [2.45, 2.75) is 35.8 Å². The van der Waals surface area contributed by atoms with Crippen LogP contribution in [0.5, 0.6) is 0 Å². The van der Waals surface area contributed by atoms with Gasteiger partial charge in [0.05, 0.1) is 6.54 Å². The molecule has 0 bridgehead atoms. The molecule has 2 rings (SSSR count). The van der Waals surface area contributed by atoms with Gasteiger partial charge < -0.3 is 15.8 Å². The Morgan fingerprint density at radius 3 is 2.73 bits per heavy atom. The Hall–Kier alpha value is -0.470. The quantitative estimate of drug-likeness (QED) is 0.271. The lowest BCUT2D eigenvalue weighted by molar-refractivity contribution is 0.145. The minimum Gasteiger partial charge on any atom is -0.382 e. The van der Waals surface area contributed by atoms with Crippen molar-refractivity contribution in [2.24, 2.45) is 10.7 Å². The molecule has 0 heterocycles. The number of guanidine groups is 1. The fraction of sp³-hybridized carbons (Fsp3) is 0.562. The number of nitrogens with zero attached hydrogens (tertiary/aromatic N) is 1. The van der Waals surface area contributed by atoms with Crippen LogP contribution >= 0.6 is 35.7 Å². The molecule has 1 aliphatic rings. The van der Waals surface area contributed by atoms with Gasteiger partial charge in [-0.05, 0) is 38.3 Å². The van der Waals surface area contributed by atoms with Crippen molar-refractivity contribution in [1.82, 2.24) is 5.32 Å². The second-order valence-electron chi connectivity index (χ2n) is 5.28. The first kappa shape index (κ1) is 19.6. The zero-order valence-corrected chi connectivity index (χ0v) is 16.2. The summed E-state index contributed by atoms with van der Waals surface area (Å²) < 4.78 is 5.54. The molecule has 4 nitrogen and oxygen atoms in total. The second-order valence-corrected chi connectivity index (χ2v) is 6.82. The summed E-state index contributed by atoms with van der Waals surface area (Å²) in [5.74, 6) is 0.548. The van der Waals surface area contributed by atoms with Crippen molar-refractivity contribution in [3.05, 3.63) is 30.3 Å². The highest BCUT2D eigenvalue weighted by molar-refractivity contribution is 14.0. The van der Waals surface area contributed by atoms with Crippen molar-refractivity contribution < 1.29 is 4.74 Å². The number of ether oxygens (including phenoxy) is 1. The Kier molecular flexibility index (Phi) is 9.19. The van der Waals surface area contributed by atoms with Crippen molar-refractivity contribution in [3.8, 4) is 0 Å². The third-order valence-electron chi connectivity index (χ3n) is 3.40. The number of aliphatic imine (C=N–C) groups is 1. The van der Waals surface area contributed by atoms with Gasteiger partial charge in [0.1, 0.15) is 0 Å². The first-order valence-electron chi connectivity index (χ1n) is 7.60. The average molecular weight is 435 g/mol. The standard InChI is InChI=1S/C16H25N3OS.HI/c1-2-20-12-6-11-18-15(17)19-13-16(9-10-16)21-14-7-4-3-5-8-14;/h3-5,7-8H,2,6,9-13H2,1H3,(H3,17,18,19);1H. The van der Waals surface area contributed by atoms with Gasteiger partial charge in [0.2, 0.25) is 0 Å². The Morgan fingerprint density at radius 1 is 1.36 bits per heavy atom. The minimum absolute atomic E-state index is 0. The van der Waals surface area contributed by atoms with E-state index in [1.807, 2.05) is 24.8 Å². The Balaban J connectivity index is 0.00000242. The zero-order chi connectivity index (χ0) is 15.0. The molecule has 0 saturated heterocycles. The van der Waals surface area contributed by atoms with Crippen molar-refractivity contribution in [3.63, 3.8) is 0 Å². The highest BCUT2D eigenvalue weighted by Crippen LogP contribution is 2.51. The van der Waals surface area contributed by atoms with Gasteiger partial charge >= 0.3 is 0 Å². The molecule has 0 aliphatic heterocycles. The van der Waals surface area contributed by atoms with Gasteiger partial charge in [0, 0.05) is 29.4 Å². The van der Waals surface area contributed by atoms with Gasteiger partial charge in [-0.2, -0.15) is 0 Å². The van der Waals surface area contributed by atoms with Gasteiger partial charge in [-0.3, -0.25) is 4.99 Å². The summed E-state index contributed by atoms with van der Waals surface area (Å²) in [7, 11) is 0. The molecule has 0 atom stereocenters. The zero-order valence-electron chi connectivity index (χ0n) is 13.1. The van der Waals surface area contributed by atoms with Crippen molar-refractivity contribution in [1.29, 1.82) is 0 Å². The number of halogens is 1. The van der Waals surface area contributed by atoms with E-state index in [0.29, 0.717) is 5.96 Å². The number of rotatable bonds is 9. The van der Waals surface area contributed by atoms with Crippen LogP contribution in [0.15, 0.2) is 40.2 Å². The van der Waals surface area contributed by atoms with Crippen LogP contribution in [-0.2, 0) is 4.74 Å². The fourth-order valence-corrected chi connectivity index (χ4v) is 3.22. The average Bonchev–Trinajstić information content (AvgIpc) is 3.26. The summed E-state index contributed by atoms with van der Waals surface area (Å²) in [4.78, 5) is 5.81. The number of nitrogens with one attached hydrogen (secondary N) is 1. The largest absolute Gasteiger partial charge is 0.382 e. The normalized spacial score (nSPS) is 16.0. The maximum Gasteiger partial charge on any atom is 0.188 e. The van der Waals surface area contributed by atoms with E-state index in [2.05, 4.69) is 34.6 Å². The fourth-order valence-electron chi connectivity index (χ4n) is 1.99. The van der Waals surface area contributed by atoms with Crippen molar-refractivity contribution in [2.75, 3.05) is 26.3 Å². The van der Waals surface area contributed by atoms with E-state index in [1.165, 1.54) is 17.7 Å². The van der Waals surface area contributed by atoms with E-state index >= 15 is 0 Å². The topological polar surface area (TPSA) is 59.6 Å². The lowest BCUT2D eigenvalue weighted by Gasteiger charge is -2.13. The number of hydrogen-bond acceptors (Lipinski definition) is 3. The molecule has 0 spiro atoms. The van der Waals surface area contributed by atoms with Gasteiger partial charge in [-0.15, -0.1) is 35.7 Å². The third-order valence-corrected chi connectivity index (χ3v) is 4.88. The van der Waals surface area contributed by atoms with E-state index in [0.717, 1.165) is 32.7 Å². The second kappa shape index (κ2) is 10.3. The van der Waals surface area contributed by atoms with E-state index in [4.69, 9.17) is 10.5 Å². The van der Waals surface area contributed by atoms with Crippen LogP contribution in [0, 0.1) is 0 Å². The van der Waals surface area contributed by atoms with Gasteiger partial charge in [0.25, 0.3) is 0 Å². The summed E-state index contributed by atoms with van der Waals surface area (Å²) in [6.45, 7) is 5.14. The monoisotopic (exact) mass is 435 g/mol. The van der Waals surface area contributed by atoms with Crippen LogP contribution in [0.4, 0.5) is 0 Å². The first-order chi connectivity index (χ1) is 10.2. The molecule has 0 unspecified atom stereocenters. The first-order valence-corrected chi connectivity index (χ1v) is 8.41. The highest BCUT2D eigenvalue weighted by Gasteiger charge is 2.43. The van der Waals surface area contributed by atoms with E-state index in [1.54, 1.807) is 0 Å². The molecule has 124 valence electrons. The molecular formula is C16H26IN3OS. The maximum absolute atomic E-state index is 5.91. The summed E-state index contributed by atoms with van der Waals surface area (Å²) in [5.41, 5.74) is 5.91.